The van der Waals surface area contributed by atoms with Crippen LogP contribution in [-0.4, -0.2) is 47.6 Å². The smallest absolute Gasteiger partial charge is 0.120 e. The molecular formula is C19H25BrN2O. The molecule has 4 heteroatoms. The maximum Gasteiger partial charge on any atom is 0.120 e. The van der Waals surface area contributed by atoms with E-state index in [1.54, 1.807) is 6.07 Å². The Kier molecular flexibility index (Phi) is 4.48. The number of piperazine rings is 1. The number of aromatic hydroxyl groups is 1. The summed E-state index contributed by atoms with van der Waals surface area (Å²) in [5.74, 6) is 3.04. The van der Waals surface area contributed by atoms with Gasteiger partial charge < -0.3 is 10.0 Å². The molecule has 1 heterocycles. The number of phenolic OH excluding ortho intramolecular Hbond substituents is 1. The van der Waals surface area contributed by atoms with E-state index in [4.69, 9.17) is 0 Å². The van der Waals surface area contributed by atoms with Gasteiger partial charge in [0, 0.05) is 49.3 Å². The minimum Gasteiger partial charge on any atom is -0.508 e. The standard InChI is InChI=1S/C19H25BrN2O/c20-18-3-4-19(23)17(11-18)13-22-7-5-21(6-8-22)12-16-10-14-1-2-15(16)9-14/h1-4,11,14-16,23H,5-10,12-13H2/t14-,15-,16-/m1/s1. The van der Waals surface area contributed by atoms with Crippen LogP contribution in [0.3, 0.4) is 0 Å². The fourth-order valence-electron chi connectivity index (χ4n) is 4.49. The Hall–Kier alpha value is -0.840. The molecule has 2 fully saturated rings. The number of halogens is 1. The number of allylic oxidation sites excluding steroid dienone is 2. The summed E-state index contributed by atoms with van der Waals surface area (Å²) < 4.78 is 1.04. The molecule has 1 aliphatic heterocycles. The van der Waals surface area contributed by atoms with Gasteiger partial charge in [0.05, 0.1) is 0 Å². The minimum absolute atomic E-state index is 0.407. The Bertz CT molecular complexity index is 595. The highest BCUT2D eigenvalue weighted by atomic mass is 79.9. The number of rotatable bonds is 4. The quantitative estimate of drug-likeness (QED) is 0.814. The van der Waals surface area contributed by atoms with E-state index in [-0.39, 0.29) is 0 Å². The average molecular weight is 377 g/mol. The predicted octanol–water partition coefficient (Wildman–Crippen LogP) is 3.48. The van der Waals surface area contributed by atoms with Crippen LogP contribution in [0.2, 0.25) is 0 Å². The zero-order chi connectivity index (χ0) is 15.8. The summed E-state index contributed by atoms with van der Waals surface area (Å²) in [5.41, 5.74) is 1.02. The second kappa shape index (κ2) is 6.58. The molecule has 124 valence electrons. The van der Waals surface area contributed by atoms with E-state index in [1.807, 2.05) is 12.1 Å². The fraction of sp³-hybridized carbons (Fsp3) is 0.579. The number of nitrogens with zero attached hydrogens (tertiary/aromatic N) is 2. The van der Waals surface area contributed by atoms with Gasteiger partial charge >= 0.3 is 0 Å². The van der Waals surface area contributed by atoms with Gasteiger partial charge in [0.1, 0.15) is 5.75 Å². The van der Waals surface area contributed by atoms with Crippen LogP contribution in [0.15, 0.2) is 34.8 Å². The van der Waals surface area contributed by atoms with Crippen molar-refractivity contribution in [2.75, 3.05) is 32.7 Å². The summed E-state index contributed by atoms with van der Waals surface area (Å²) in [7, 11) is 0. The summed E-state index contributed by atoms with van der Waals surface area (Å²) in [6, 6.07) is 5.70. The van der Waals surface area contributed by atoms with Crippen LogP contribution in [0.25, 0.3) is 0 Å². The van der Waals surface area contributed by atoms with Crippen molar-refractivity contribution in [2.45, 2.75) is 19.4 Å². The molecule has 0 unspecified atom stereocenters. The maximum absolute atomic E-state index is 10.0. The van der Waals surface area contributed by atoms with Crippen LogP contribution in [0, 0.1) is 17.8 Å². The van der Waals surface area contributed by atoms with E-state index in [1.165, 1.54) is 19.4 Å². The van der Waals surface area contributed by atoms with Gasteiger partial charge in [-0.1, -0.05) is 28.1 Å². The second-order valence-electron chi connectivity index (χ2n) is 7.39. The maximum atomic E-state index is 10.0. The highest BCUT2D eigenvalue weighted by Crippen LogP contribution is 2.43. The lowest BCUT2D eigenvalue weighted by atomic mass is 9.93. The highest BCUT2D eigenvalue weighted by Gasteiger charge is 2.36. The number of phenols is 1. The molecular weight excluding hydrogens is 352 g/mol. The van der Waals surface area contributed by atoms with Crippen molar-refractivity contribution in [2.24, 2.45) is 17.8 Å². The molecule has 1 saturated carbocycles. The van der Waals surface area contributed by atoms with Crippen molar-refractivity contribution in [1.29, 1.82) is 0 Å². The van der Waals surface area contributed by atoms with Crippen molar-refractivity contribution in [3.8, 4) is 5.75 Å². The zero-order valence-electron chi connectivity index (χ0n) is 13.5. The number of fused-ring (bicyclic) bond motifs is 2. The normalized spacial score (nSPS) is 31.1. The monoisotopic (exact) mass is 376 g/mol. The Morgan fingerprint density at radius 2 is 1.83 bits per heavy atom. The van der Waals surface area contributed by atoms with Crippen molar-refractivity contribution in [1.82, 2.24) is 9.80 Å². The van der Waals surface area contributed by atoms with Gasteiger partial charge in [-0.15, -0.1) is 0 Å². The van der Waals surface area contributed by atoms with Crippen LogP contribution in [0.5, 0.6) is 5.75 Å². The molecule has 1 N–H and O–H groups in total. The molecule has 1 aromatic rings. The summed E-state index contributed by atoms with van der Waals surface area (Å²) in [4.78, 5) is 5.11. The summed E-state index contributed by atoms with van der Waals surface area (Å²) in [6.07, 6.45) is 7.72. The van der Waals surface area contributed by atoms with Gasteiger partial charge in [0.25, 0.3) is 0 Å². The highest BCUT2D eigenvalue weighted by molar-refractivity contribution is 9.10. The van der Waals surface area contributed by atoms with Gasteiger partial charge in [0.15, 0.2) is 0 Å². The first-order valence-electron chi connectivity index (χ1n) is 8.78. The van der Waals surface area contributed by atoms with Crippen molar-refractivity contribution in [3.05, 3.63) is 40.4 Å². The molecule has 3 atom stereocenters. The van der Waals surface area contributed by atoms with Gasteiger partial charge in [-0.05, 0) is 48.8 Å². The van der Waals surface area contributed by atoms with E-state index in [2.05, 4.69) is 37.9 Å². The number of benzene rings is 1. The Labute approximate surface area is 147 Å². The molecule has 4 rings (SSSR count). The van der Waals surface area contributed by atoms with E-state index >= 15 is 0 Å². The third-order valence-corrected chi connectivity index (χ3v) is 6.30. The molecule has 0 radical (unpaired) electrons. The molecule has 23 heavy (non-hydrogen) atoms. The van der Waals surface area contributed by atoms with Gasteiger partial charge in [-0.3, -0.25) is 4.90 Å². The first kappa shape index (κ1) is 15.7. The molecule has 3 aliphatic rings. The predicted molar refractivity (Wildman–Crippen MR) is 96.4 cm³/mol. The molecule has 2 aliphatic carbocycles. The largest absolute Gasteiger partial charge is 0.508 e. The van der Waals surface area contributed by atoms with E-state index < -0.39 is 0 Å². The molecule has 1 aromatic carbocycles. The molecule has 0 aromatic heterocycles. The average Bonchev–Trinajstić information content (AvgIpc) is 3.16. The fourth-order valence-corrected chi connectivity index (χ4v) is 4.90. The summed E-state index contributed by atoms with van der Waals surface area (Å²) in [5, 5.41) is 10.0. The number of hydrogen-bond donors (Lipinski definition) is 1. The van der Waals surface area contributed by atoms with Crippen molar-refractivity contribution >= 4 is 15.9 Å². The third kappa shape index (κ3) is 3.49. The summed E-state index contributed by atoms with van der Waals surface area (Å²) in [6.45, 7) is 6.64. The van der Waals surface area contributed by atoms with Crippen LogP contribution in [0.1, 0.15) is 18.4 Å². The second-order valence-corrected chi connectivity index (χ2v) is 8.31. The topological polar surface area (TPSA) is 26.7 Å². The molecule has 0 spiro atoms. The minimum atomic E-state index is 0.407. The molecule has 1 saturated heterocycles. The zero-order valence-corrected chi connectivity index (χ0v) is 15.1. The van der Waals surface area contributed by atoms with E-state index in [0.29, 0.717) is 5.75 Å². The van der Waals surface area contributed by atoms with E-state index in [0.717, 1.165) is 60.5 Å². The first-order chi connectivity index (χ1) is 11.2. The van der Waals surface area contributed by atoms with Crippen molar-refractivity contribution < 1.29 is 5.11 Å². The Morgan fingerprint density at radius 1 is 1.04 bits per heavy atom. The Balaban J connectivity index is 1.27. The van der Waals surface area contributed by atoms with Gasteiger partial charge in [-0.2, -0.15) is 0 Å². The first-order valence-corrected chi connectivity index (χ1v) is 9.57. The summed E-state index contributed by atoms with van der Waals surface area (Å²) >= 11 is 3.49. The lowest BCUT2D eigenvalue weighted by Crippen LogP contribution is -2.47. The molecule has 3 nitrogen and oxygen atoms in total. The van der Waals surface area contributed by atoms with Crippen LogP contribution >= 0.6 is 15.9 Å². The van der Waals surface area contributed by atoms with Gasteiger partial charge in [0.2, 0.25) is 0 Å². The third-order valence-electron chi connectivity index (χ3n) is 5.81. The van der Waals surface area contributed by atoms with Crippen LogP contribution in [0.4, 0.5) is 0 Å². The van der Waals surface area contributed by atoms with Gasteiger partial charge in [-0.25, -0.2) is 0 Å². The number of hydrogen-bond acceptors (Lipinski definition) is 3. The SMILES string of the molecule is Oc1ccc(Br)cc1CN1CCN(C[C@H]2C[C@@H]3C=C[C@@H]2C3)CC1. The van der Waals surface area contributed by atoms with Crippen LogP contribution in [-0.2, 0) is 6.54 Å². The lowest BCUT2D eigenvalue weighted by molar-refractivity contribution is 0.108. The van der Waals surface area contributed by atoms with Crippen molar-refractivity contribution in [3.63, 3.8) is 0 Å². The Morgan fingerprint density at radius 3 is 2.52 bits per heavy atom. The lowest BCUT2D eigenvalue weighted by Gasteiger charge is -2.37. The molecule has 0 amide bonds. The molecule has 2 bridgehead atoms. The van der Waals surface area contributed by atoms with Crippen LogP contribution < -0.4 is 0 Å². The van der Waals surface area contributed by atoms with E-state index in [9.17, 15) is 5.11 Å².